The number of halogens is 1. The van der Waals surface area contributed by atoms with Crippen molar-refractivity contribution in [2.24, 2.45) is 5.73 Å². The van der Waals surface area contributed by atoms with Gasteiger partial charge < -0.3 is 10.6 Å². The molecule has 0 atom stereocenters. The first kappa shape index (κ1) is 17.0. The van der Waals surface area contributed by atoms with E-state index < -0.39 is 0 Å². The van der Waals surface area contributed by atoms with E-state index in [1.165, 1.54) is 23.5 Å². The molecule has 1 aromatic carbocycles. The van der Waals surface area contributed by atoms with Crippen LogP contribution in [0, 0.1) is 5.82 Å². The Morgan fingerprint density at radius 3 is 2.83 bits per heavy atom. The molecule has 1 aliphatic carbocycles. The third-order valence-electron chi connectivity index (χ3n) is 4.50. The lowest BCUT2D eigenvalue weighted by atomic mass is 10.1. The van der Waals surface area contributed by atoms with Crippen LogP contribution in [0.5, 0.6) is 0 Å². The highest BCUT2D eigenvalue weighted by molar-refractivity contribution is 7.09. The molecule has 0 radical (unpaired) electrons. The van der Waals surface area contributed by atoms with E-state index in [2.05, 4.69) is 4.98 Å². The van der Waals surface area contributed by atoms with Crippen LogP contribution < -0.4 is 5.73 Å². The van der Waals surface area contributed by atoms with E-state index in [-0.39, 0.29) is 17.8 Å². The van der Waals surface area contributed by atoms with Crippen LogP contribution in [0.1, 0.15) is 46.7 Å². The van der Waals surface area contributed by atoms with Gasteiger partial charge in [-0.1, -0.05) is 25.0 Å². The van der Waals surface area contributed by atoms with Crippen molar-refractivity contribution in [3.05, 3.63) is 51.7 Å². The maximum Gasteiger partial charge on any atom is 0.273 e. The van der Waals surface area contributed by atoms with Gasteiger partial charge in [-0.25, -0.2) is 9.37 Å². The van der Waals surface area contributed by atoms with E-state index in [1.54, 1.807) is 11.4 Å². The van der Waals surface area contributed by atoms with E-state index in [1.807, 2.05) is 11.0 Å². The summed E-state index contributed by atoms with van der Waals surface area (Å²) in [6, 6.07) is 6.84. The summed E-state index contributed by atoms with van der Waals surface area (Å²) in [7, 11) is 0. The third kappa shape index (κ3) is 3.99. The van der Waals surface area contributed by atoms with Crippen LogP contribution in [0.4, 0.5) is 4.39 Å². The molecular formula is C18H22FN3OS. The fraction of sp³-hybridized carbons (Fsp3) is 0.444. The molecule has 3 rings (SSSR count). The van der Waals surface area contributed by atoms with Crippen LogP contribution >= 0.6 is 11.3 Å². The van der Waals surface area contributed by atoms with Crippen molar-refractivity contribution in [2.75, 3.05) is 6.54 Å². The number of aromatic nitrogens is 1. The van der Waals surface area contributed by atoms with E-state index in [4.69, 9.17) is 5.73 Å². The Morgan fingerprint density at radius 1 is 1.38 bits per heavy atom. The summed E-state index contributed by atoms with van der Waals surface area (Å²) in [4.78, 5) is 19.2. The number of benzene rings is 1. The van der Waals surface area contributed by atoms with E-state index in [0.717, 1.165) is 36.3 Å². The third-order valence-corrected chi connectivity index (χ3v) is 5.37. The lowest BCUT2D eigenvalue weighted by molar-refractivity contribution is 0.0678. The van der Waals surface area contributed by atoms with Gasteiger partial charge in [0.05, 0.1) is 0 Å². The maximum absolute atomic E-state index is 13.4. The number of thiazole rings is 1. The Balaban J connectivity index is 1.74. The number of carbonyl (C=O) groups excluding carboxylic acids is 1. The van der Waals surface area contributed by atoms with Gasteiger partial charge in [-0.3, -0.25) is 4.79 Å². The van der Waals surface area contributed by atoms with Crippen LogP contribution in [-0.4, -0.2) is 28.4 Å². The van der Waals surface area contributed by atoms with Crippen molar-refractivity contribution < 1.29 is 9.18 Å². The zero-order valence-corrected chi connectivity index (χ0v) is 14.4. The molecule has 2 aromatic rings. The molecule has 1 fully saturated rings. The zero-order valence-electron chi connectivity index (χ0n) is 13.6. The Bertz CT molecular complexity index is 697. The first-order valence-corrected chi connectivity index (χ1v) is 9.25. The number of rotatable bonds is 6. The molecular weight excluding hydrogens is 325 g/mol. The molecule has 4 nitrogen and oxygen atoms in total. The average molecular weight is 347 g/mol. The topological polar surface area (TPSA) is 59.2 Å². The van der Waals surface area contributed by atoms with E-state index >= 15 is 0 Å². The van der Waals surface area contributed by atoms with Gasteiger partial charge in [-0.2, -0.15) is 0 Å². The summed E-state index contributed by atoms with van der Waals surface area (Å²) in [6.45, 7) is 0.938. The number of nitrogens with two attached hydrogens (primary N) is 1. The average Bonchev–Trinajstić information content (AvgIpc) is 3.26. The predicted octanol–water partition coefficient (Wildman–Crippen LogP) is 3.37. The van der Waals surface area contributed by atoms with Crippen LogP contribution in [0.3, 0.4) is 0 Å². The molecule has 1 heterocycles. The fourth-order valence-corrected chi connectivity index (χ4v) is 3.91. The van der Waals surface area contributed by atoms with Gasteiger partial charge in [0, 0.05) is 24.5 Å². The van der Waals surface area contributed by atoms with Crippen LogP contribution in [-0.2, 0) is 13.0 Å². The molecule has 0 aliphatic heterocycles. The number of amides is 1. The van der Waals surface area contributed by atoms with Gasteiger partial charge in [0.1, 0.15) is 16.5 Å². The van der Waals surface area contributed by atoms with E-state index in [9.17, 15) is 9.18 Å². The second kappa shape index (κ2) is 7.85. The summed E-state index contributed by atoms with van der Waals surface area (Å²) >= 11 is 1.42. The Hall–Kier alpha value is -1.79. The number of carbonyl (C=O) groups is 1. The zero-order chi connectivity index (χ0) is 16.9. The van der Waals surface area contributed by atoms with Crippen molar-refractivity contribution in [3.63, 3.8) is 0 Å². The quantitative estimate of drug-likeness (QED) is 0.871. The predicted molar refractivity (Wildman–Crippen MR) is 93.4 cm³/mol. The molecule has 1 aromatic heterocycles. The molecule has 1 saturated carbocycles. The standard InChI is InChI=1S/C18H22FN3OS/c19-14-5-3-4-13(10-14)8-9-22(15-6-1-2-7-15)18(23)16-12-24-17(11-20)21-16/h3-5,10,12,15H,1-2,6-9,11,20H2. The van der Waals surface area contributed by atoms with Crippen molar-refractivity contribution in [1.82, 2.24) is 9.88 Å². The van der Waals surface area contributed by atoms with Crippen LogP contribution in [0.25, 0.3) is 0 Å². The Labute approximate surface area is 145 Å². The summed E-state index contributed by atoms with van der Waals surface area (Å²) < 4.78 is 13.4. The van der Waals surface area contributed by atoms with Gasteiger partial charge in [-0.05, 0) is 37.0 Å². The minimum absolute atomic E-state index is 0.0331. The molecule has 6 heteroatoms. The molecule has 0 bridgehead atoms. The largest absolute Gasteiger partial charge is 0.334 e. The van der Waals surface area contributed by atoms with Gasteiger partial charge in [0.2, 0.25) is 0 Å². The lowest BCUT2D eigenvalue weighted by Gasteiger charge is -2.28. The molecule has 24 heavy (non-hydrogen) atoms. The summed E-state index contributed by atoms with van der Waals surface area (Å²) in [5.74, 6) is -0.271. The summed E-state index contributed by atoms with van der Waals surface area (Å²) in [5.41, 5.74) is 6.99. The first-order valence-electron chi connectivity index (χ1n) is 8.37. The fourth-order valence-electron chi connectivity index (χ4n) is 3.26. The number of nitrogens with zero attached hydrogens (tertiary/aromatic N) is 2. The second-order valence-corrected chi connectivity index (χ2v) is 7.09. The Morgan fingerprint density at radius 2 is 2.17 bits per heavy atom. The molecule has 0 unspecified atom stereocenters. The van der Waals surface area contributed by atoms with Crippen LogP contribution in [0.15, 0.2) is 29.6 Å². The highest BCUT2D eigenvalue weighted by atomic mass is 32.1. The molecule has 0 spiro atoms. The second-order valence-electron chi connectivity index (χ2n) is 6.15. The van der Waals surface area contributed by atoms with Gasteiger partial charge in [-0.15, -0.1) is 11.3 Å². The van der Waals surface area contributed by atoms with Crippen molar-refractivity contribution >= 4 is 17.2 Å². The molecule has 0 saturated heterocycles. The van der Waals surface area contributed by atoms with E-state index in [0.29, 0.717) is 25.2 Å². The summed E-state index contributed by atoms with van der Waals surface area (Å²) in [5, 5.41) is 2.56. The molecule has 1 amide bonds. The number of hydrogen-bond acceptors (Lipinski definition) is 4. The maximum atomic E-state index is 13.4. The van der Waals surface area contributed by atoms with Crippen molar-refractivity contribution in [3.8, 4) is 0 Å². The smallest absolute Gasteiger partial charge is 0.273 e. The normalized spacial score (nSPS) is 14.9. The van der Waals surface area contributed by atoms with Gasteiger partial charge >= 0.3 is 0 Å². The molecule has 2 N–H and O–H groups in total. The lowest BCUT2D eigenvalue weighted by Crippen LogP contribution is -2.40. The summed E-state index contributed by atoms with van der Waals surface area (Å²) in [6.07, 6.45) is 5.01. The number of hydrogen-bond donors (Lipinski definition) is 1. The Kier molecular flexibility index (Phi) is 5.58. The van der Waals surface area contributed by atoms with Crippen molar-refractivity contribution in [2.45, 2.75) is 44.7 Å². The van der Waals surface area contributed by atoms with Gasteiger partial charge in [0.15, 0.2) is 0 Å². The van der Waals surface area contributed by atoms with Crippen molar-refractivity contribution in [1.29, 1.82) is 0 Å². The highest BCUT2D eigenvalue weighted by Crippen LogP contribution is 2.25. The minimum Gasteiger partial charge on any atom is -0.334 e. The first-order chi connectivity index (χ1) is 11.7. The monoisotopic (exact) mass is 347 g/mol. The van der Waals surface area contributed by atoms with Gasteiger partial charge in [0.25, 0.3) is 5.91 Å². The molecule has 1 aliphatic rings. The van der Waals surface area contributed by atoms with Crippen LogP contribution in [0.2, 0.25) is 0 Å². The molecule has 128 valence electrons. The minimum atomic E-state index is -0.238. The SMILES string of the molecule is NCc1nc(C(=O)N(CCc2cccc(F)c2)C2CCCC2)cs1. The highest BCUT2D eigenvalue weighted by Gasteiger charge is 2.28.